The smallest absolute Gasteiger partial charge is 0.193 e. The largest absolute Gasteiger partial charge is 0.414 e. The molecule has 0 spiro atoms. The molecule has 3 unspecified atom stereocenters. The van der Waals surface area contributed by atoms with Crippen molar-refractivity contribution in [3.8, 4) is 0 Å². The summed E-state index contributed by atoms with van der Waals surface area (Å²) in [5, 5.41) is 22.3. The van der Waals surface area contributed by atoms with Crippen LogP contribution in [0.2, 0.25) is 36.3 Å². The zero-order valence-electron chi connectivity index (χ0n) is 34.8. The Morgan fingerprint density at radius 2 is 1.46 bits per heavy atom. The first-order valence-corrected chi connectivity index (χ1v) is 25.9. The summed E-state index contributed by atoms with van der Waals surface area (Å²) in [5.74, 6) is 1.78. The summed E-state index contributed by atoms with van der Waals surface area (Å²) in [6.45, 7) is 33.2. The maximum Gasteiger partial charge on any atom is 0.193 e. The Bertz CT molecular complexity index is 1200. The third-order valence-electron chi connectivity index (χ3n) is 14.0. The Labute approximate surface area is 310 Å². The van der Waals surface area contributed by atoms with Gasteiger partial charge in [-0.3, -0.25) is 0 Å². The van der Waals surface area contributed by atoms with Gasteiger partial charge in [-0.1, -0.05) is 117 Å². The Kier molecular flexibility index (Phi) is 14.9. The van der Waals surface area contributed by atoms with Gasteiger partial charge in [0.05, 0.1) is 31.0 Å². The summed E-state index contributed by atoms with van der Waals surface area (Å²) < 4.78 is 19.2. The second kappa shape index (κ2) is 17.1. The summed E-state index contributed by atoms with van der Waals surface area (Å²) in [5.41, 5.74) is 2.78. The van der Waals surface area contributed by atoms with Gasteiger partial charge in [-0.25, -0.2) is 0 Å². The van der Waals surface area contributed by atoms with Gasteiger partial charge in [0.25, 0.3) is 0 Å². The van der Waals surface area contributed by atoms with Crippen molar-refractivity contribution in [3.63, 3.8) is 0 Å². The molecule has 0 aromatic carbocycles. The number of hydrogen-bond donors (Lipinski definition) is 2. The maximum atomic E-state index is 11.0. The van der Waals surface area contributed by atoms with Crippen LogP contribution in [-0.4, -0.2) is 64.0 Å². The van der Waals surface area contributed by atoms with Crippen molar-refractivity contribution in [1.29, 1.82) is 0 Å². The molecule has 3 rings (SSSR count). The molecule has 0 radical (unpaired) electrons. The van der Waals surface area contributed by atoms with Crippen molar-refractivity contribution in [2.75, 3.05) is 13.2 Å². The molecule has 0 amide bonds. The second-order valence-electron chi connectivity index (χ2n) is 19.4. The minimum atomic E-state index is -1.88. The van der Waals surface area contributed by atoms with E-state index in [1.165, 1.54) is 25.7 Å². The summed E-state index contributed by atoms with van der Waals surface area (Å²) in [4.78, 5) is 0. The first-order chi connectivity index (χ1) is 23.0. The predicted molar refractivity (Wildman–Crippen MR) is 218 cm³/mol. The molecule has 0 saturated heterocycles. The highest BCUT2D eigenvalue weighted by Gasteiger charge is 2.50. The first-order valence-electron chi connectivity index (χ1n) is 20.1. The SMILES string of the molecule is CCC(C=CC=C[C@@H](C)C1CCC2C(=CC=C3C[C@@H](O)C(OCCO[Si](C)(C)C(C)(C)C)[C@H](O)C3)CCCC21C)(CC)O[Si](C)(C)C(C)(C)C. The zero-order chi connectivity index (χ0) is 37.8. The Balaban J connectivity index is 1.62. The molecule has 0 aromatic heterocycles. The summed E-state index contributed by atoms with van der Waals surface area (Å²) in [7, 11) is -3.73. The topological polar surface area (TPSA) is 68.2 Å². The molecule has 2 N–H and O–H groups in total. The number of rotatable bonds is 14. The molecule has 5 nitrogen and oxygen atoms in total. The number of ether oxygens (including phenoxy) is 1. The van der Waals surface area contributed by atoms with Gasteiger partial charge >= 0.3 is 0 Å². The molecule has 0 bridgehead atoms. The number of aliphatic hydroxyl groups excluding tert-OH is 2. The first kappa shape index (κ1) is 43.6. The molecular formula is C43H78O5Si2. The van der Waals surface area contributed by atoms with Crippen LogP contribution in [0.25, 0.3) is 0 Å². The van der Waals surface area contributed by atoms with Crippen molar-refractivity contribution in [1.82, 2.24) is 0 Å². The highest BCUT2D eigenvalue weighted by atomic mass is 28.4. The van der Waals surface area contributed by atoms with Crippen LogP contribution in [-0.2, 0) is 13.6 Å². The van der Waals surface area contributed by atoms with Crippen LogP contribution in [0.15, 0.2) is 47.6 Å². The highest BCUT2D eigenvalue weighted by molar-refractivity contribution is 6.74. The molecule has 6 atom stereocenters. The fourth-order valence-electron chi connectivity index (χ4n) is 8.46. The van der Waals surface area contributed by atoms with Gasteiger partial charge in [0, 0.05) is 0 Å². The lowest BCUT2D eigenvalue weighted by Gasteiger charge is -2.44. The van der Waals surface area contributed by atoms with Gasteiger partial charge < -0.3 is 23.8 Å². The van der Waals surface area contributed by atoms with Gasteiger partial charge in [0.15, 0.2) is 16.6 Å². The van der Waals surface area contributed by atoms with E-state index in [9.17, 15) is 10.2 Å². The lowest BCUT2D eigenvalue weighted by molar-refractivity contribution is -0.114. The van der Waals surface area contributed by atoms with E-state index >= 15 is 0 Å². The molecule has 3 fully saturated rings. The molecular weight excluding hydrogens is 653 g/mol. The van der Waals surface area contributed by atoms with Crippen LogP contribution in [0.4, 0.5) is 0 Å². The van der Waals surface area contributed by atoms with Crippen molar-refractivity contribution < 1.29 is 23.8 Å². The van der Waals surface area contributed by atoms with Crippen molar-refractivity contribution in [2.45, 2.75) is 187 Å². The van der Waals surface area contributed by atoms with E-state index in [1.807, 2.05) is 0 Å². The second-order valence-corrected chi connectivity index (χ2v) is 28.9. The average molecular weight is 731 g/mol. The summed E-state index contributed by atoms with van der Waals surface area (Å²) in [6, 6.07) is 0. The number of aliphatic hydroxyl groups is 2. The van der Waals surface area contributed by atoms with Gasteiger partial charge in [-0.15, -0.1) is 0 Å². The molecule has 7 heteroatoms. The van der Waals surface area contributed by atoms with E-state index in [4.69, 9.17) is 13.6 Å². The van der Waals surface area contributed by atoms with E-state index in [0.717, 1.165) is 24.8 Å². The van der Waals surface area contributed by atoms with Gasteiger partial charge in [-0.05, 0) is 117 Å². The molecule has 288 valence electrons. The highest BCUT2D eigenvalue weighted by Crippen LogP contribution is 2.59. The molecule has 3 saturated carbocycles. The summed E-state index contributed by atoms with van der Waals surface area (Å²) in [6.07, 6.45) is 21.2. The fourth-order valence-corrected chi connectivity index (χ4v) is 11.2. The molecule has 0 heterocycles. The van der Waals surface area contributed by atoms with E-state index in [1.54, 1.807) is 5.57 Å². The zero-order valence-corrected chi connectivity index (χ0v) is 36.8. The lowest BCUT2D eigenvalue weighted by Crippen LogP contribution is -2.48. The molecule has 50 heavy (non-hydrogen) atoms. The minimum absolute atomic E-state index is 0.144. The van der Waals surface area contributed by atoms with Crippen molar-refractivity contribution in [2.24, 2.45) is 23.2 Å². The average Bonchev–Trinajstić information content (AvgIpc) is 3.37. The van der Waals surface area contributed by atoms with E-state index in [0.29, 0.717) is 49.2 Å². The van der Waals surface area contributed by atoms with Crippen LogP contribution < -0.4 is 0 Å². The lowest BCUT2D eigenvalue weighted by atomic mass is 9.61. The third-order valence-corrected chi connectivity index (χ3v) is 23.0. The number of fused-ring (bicyclic) bond motifs is 1. The van der Waals surface area contributed by atoms with Crippen LogP contribution in [0, 0.1) is 23.2 Å². The minimum Gasteiger partial charge on any atom is -0.414 e. The molecule has 3 aliphatic rings. The summed E-state index contributed by atoms with van der Waals surface area (Å²) >= 11 is 0. The fraction of sp³-hybridized carbons (Fsp3) is 0.814. The number of hydrogen-bond acceptors (Lipinski definition) is 5. The standard InChI is InChI=1S/C43H78O5Si2/c1-15-43(16-2,48-50(13,14)41(7,8)9)27-18-17-20-32(3)35-24-25-36-34(21-19-26-42(35,36)10)23-22-33-30-37(44)39(38(45)31-33)46-28-29-47-49(11,12)40(4,5)6/h17-18,20,22-23,27,32,35-39,44-45H,15-16,19,21,24-26,28-31H2,1-14H3/t32-,35?,36?,37-,38-,39?,42?/m1/s1. The molecule has 0 aromatic rings. The van der Waals surface area contributed by atoms with Crippen LogP contribution in [0.5, 0.6) is 0 Å². The maximum absolute atomic E-state index is 11.0. The van der Waals surface area contributed by atoms with Crippen LogP contribution >= 0.6 is 0 Å². The Morgan fingerprint density at radius 3 is 2.02 bits per heavy atom. The van der Waals surface area contributed by atoms with Crippen molar-refractivity contribution in [3.05, 3.63) is 47.6 Å². The third kappa shape index (κ3) is 10.4. The van der Waals surface area contributed by atoms with E-state index in [-0.39, 0.29) is 15.7 Å². The van der Waals surface area contributed by atoms with Crippen LogP contribution in [0.1, 0.15) is 127 Å². The quantitative estimate of drug-likeness (QED) is 0.106. The monoisotopic (exact) mass is 731 g/mol. The number of allylic oxidation sites excluding steroid dienone is 6. The molecule has 3 aliphatic carbocycles. The van der Waals surface area contributed by atoms with Gasteiger partial charge in [-0.2, -0.15) is 0 Å². The van der Waals surface area contributed by atoms with E-state index in [2.05, 4.69) is 132 Å². The van der Waals surface area contributed by atoms with Crippen molar-refractivity contribution >= 4 is 16.6 Å². The Hall–Kier alpha value is -0.806. The van der Waals surface area contributed by atoms with Gasteiger partial charge in [0.1, 0.15) is 6.10 Å². The van der Waals surface area contributed by atoms with Gasteiger partial charge in [0.2, 0.25) is 0 Å². The normalized spacial score (nSPS) is 30.4. The molecule has 0 aliphatic heterocycles. The Morgan fingerprint density at radius 1 is 0.860 bits per heavy atom. The van der Waals surface area contributed by atoms with Crippen LogP contribution in [0.3, 0.4) is 0 Å². The predicted octanol–water partition coefficient (Wildman–Crippen LogP) is 11.3. The van der Waals surface area contributed by atoms with E-state index < -0.39 is 34.9 Å².